The summed E-state index contributed by atoms with van der Waals surface area (Å²) < 4.78 is 23.1. The summed E-state index contributed by atoms with van der Waals surface area (Å²) in [5, 5.41) is 4.43. The third-order valence-corrected chi connectivity index (χ3v) is 4.68. The van der Waals surface area contributed by atoms with E-state index in [1.165, 1.54) is 0 Å². The first-order chi connectivity index (χ1) is 8.07. The fourth-order valence-electron chi connectivity index (χ4n) is 2.37. The third kappa shape index (κ3) is 1.68. The Bertz CT molecular complexity index is 734. The summed E-state index contributed by atoms with van der Waals surface area (Å²) in [5.74, 6) is 0. The lowest BCUT2D eigenvalue weighted by Gasteiger charge is -2.20. The molecule has 0 radical (unpaired) electrons. The number of rotatable bonds is 1. The molecule has 1 aliphatic carbocycles. The second-order valence-corrected chi connectivity index (χ2v) is 6.87. The van der Waals surface area contributed by atoms with Gasteiger partial charge in [-0.25, -0.2) is 8.42 Å². The molecule has 3 nitrogen and oxygen atoms in total. The zero-order chi connectivity index (χ0) is 12.0. The van der Waals surface area contributed by atoms with Crippen molar-refractivity contribution in [2.45, 2.75) is 5.25 Å². The number of hydrogen-bond acceptors (Lipinski definition) is 3. The Kier molecular flexibility index (Phi) is 2.31. The monoisotopic (exact) mass is 267 g/mol. The predicted octanol–water partition coefficient (Wildman–Crippen LogP) is 0.358. The number of nitrogens with one attached hydrogen (secondary N) is 1. The molecule has 5 heteroatoms. The molecule has 0 spiro atoms. The topological polar surface area (TPSA) is 46.2 Å². The van der Waals surface area contributed by atoms with E-state index in [4.69, 9.17) is 10.7 Å². The summed E-state index contributed by atoms with van der Waals surface area (Å²) in [6.07, 6.45) is 5.40. The standard InChI is InChI=1S/C12H10ClNO2S/c13-17(15,16)11-5-4-9-7-14-6-8-2-1-3-10(11)12(8)9/h1-6,11,14H,7H2. The van der Waals surface area contributed by atoms with Crippen molar-refractivity contribution >= 4 is 31.5 Å². The van der Waals surface area contributed by atoms with Gasteiger partial charge in [0, 0.05) is 23.4 Å². The lowest BCUT2D eigenvalue weighted by molar-refractivity contribution is 0.604. The first-order valence-electron chi connectivity index (χ1n) is 5.25. The van der Waals surface area contributed by atoms with E-state index in [2.05, 4.69) is 5.32 Å². The fraction of sp³-hybridized carbons (Fsp3) is 0.167. The van der Waals surface area contributed by atoms with Crippen LogP contribution in [0.25, 0.3) is 11.8 Å². The van der Waals surface area contributed by atoms with Crippen LogP contribution >= 0.6 is 10.7 Å². The smallest absolute Gasteiger partial charge is 0.243 e. The fourth-order valence-corrected chi connectivity index (χ4v) is 3.60. The molecule has 0 bridgehead atoms. The summed E-state index contributed by atoms with van der Waals surface area (Å²) in [5.41, 5.74) is 1.88. The van der Waals surface area contributed by atoms with Crippen molar-refractivity contribution in [1.29, 1.82) is 0 Å². The van der Waals surface area contributed by atoms with E-state index in [0.29, 0.717) is 0 Å². The molecule has 1 aromatic carbocycles. The highest BCUT2D eigenvalue weighted by Gasteiger charge is 2.27. The molecule has 0 saturated carbocycles. The van der Waals surface area contributed by atoms with Gasteiger partial charge in [0.2, 0.25) is 9.05 Å². The lowest BCUT2D eigenvalue weighted by atomic mass is 9.95. The van der Waals surface area contributed by atoms with E-state index in [1.807, 2.05) is 30.5 Å². The van der Waals surface area contributed by atoms with Gasteiger partial charge in [-0.05, 0) is 21.6 Å². The molecule has 3 rings (SSSR count). The second-order valence-electron chi connectivity index (χ2n) is 4.12. The maximum Gasteiger partial charge on any atom is 0.243 e. The first-order valence-corrected chi connectivity index (χ1v) is 7.62. The van der Waals surface area contributed by atoms with Crippen LogP contribution in [0.15, 0.2) is 30.4 Å². The van der Waals surface area contributed by atoms with Gasteiger partial charge >= 0.3 is 0 Å². The normalized spacial score (nSPS) is 21.5. The average Bonchev–Trinajstić information content (AvgIpc) is 2.28. The van der Waals surface area contributed by atoms with Gasteiger partial charge < -0.3 is 5.32 Å². The zero-order valence-electron chi connectivity index (χ0n) is 8.85. The second kappa shape index (κ2) is 3.62. The van der Waals surface area contributed by atoms with Crippen molar-refractivity contribution in [3.63, 3.8) is 0 Å². The largest absolute Gasteiger partial charge is 0.386 e. The molecule has 0 fully saturated rings. The Hall–Kier alpha value is -1.26. The van der Waals surface area contributed by atoms with Gasteiger partial charge in [-0.1, -0.05) is 30.4 Å². The SMILES string of the molecule is O=S(=O)(Cl)C1C=CC2=c3c1cccc3=CNC2. The highest BCUT2D eigenvalue weighted by molar-refractivity contribution is 8.14. The van der Waals surface area contributed by atoms with Crippen molar-refractivity contribution in [1.82, 2.24) is 5.32 Å². The molecule has 0 saturated heterocycles. The maximum atomic E-state index is 11.6. The van der Waals surface area contributed by atoms with E-state index in [-0.39, 0.29) is 0 Å². The summed E-state index contributed by atoms with van der Waals surface area (Å²) in [4.78, 5) is 0. The Morgan fingerprint density at radius 2 is 2.18 bits per heavy atom. The van der Waals surface area contributed by atoms with Crippen molar-refractivity contribution in [2.75, 3.05) is 6.54 Å². The van der Waals surface area contributed by atoms with Gasteiger partial charge in [-0.2, -0.15) is 0 Å². The van der Waals surface area contributed by atoms with E-state index in [9.17, 15) is 8.42 Å². The zero-order valence-corrected chi connectivity index (χ0v) is 10.4. The molecule has 1 N–H and O–H groups in total. The van der Waals surface area contributed by atoms with Crippen LogP contribution in [0.1, 0.15) is 10.8 Å². The quantitative estimate of drug-likeness (QED) is 0.748. The minimum atomic E-state index is -3.63. The molecule has 2 aliphatic rings. The molecule has 0 aromatic heterocycles. The Morgan fingerprint density at radius 3 is 2.94 bits per heavy atom. The Balaban J connectivity index is 2.42. The van der Waals surface area contributed by atoms with Crippen LogP contribution in [0.2, 0.25) is 0 Å². The Labute approximate surface area is 104 Å². The van der Waals surface area contributed by atoms with Gasteiger partial charge in [0.25, 0.3) is 0 Å². The van der Waals surface area contributed by atoms with Gasteiger partial charge in [0.1, 0.15) is 5.25 Å². The number of benzene rings is 1. The highest BCUT2D eigenvalue weighted by atomic mass is 35.7. The molecule has 0 amide bonds. The van der Waals surface area contributed by atoms with Crippen molar-refractivity contribution in [3.8, 4) is 0 Å². The van der Waals surface area contributed by atoms with Crippen LogP contribution in [-0.4, -0.2) is 15.0 Å². The summed E-state index contributed by atoms with van der Waals surface area (Å²) in [6, 6.07) is 5.64. The van der Waals surface area contributed by atoms with Crippen LogP contribution in [0.4, 0.5) is 0 Å². The van der Waals surface area contributed by atoms with Crippen LogP contribution in [-0.2, 0) is 9.05 Å². The minimum absolute atomic E-state index is 0.718. The van der Waals surface area contributed by atoms with E-state index in [1.54, 1.807) is 6.08 Å². The van der Waals surface area contributed by atoms with Crippen LogP contribution in [0.5, 0.6) is 0 Å². The van der Waals surface area contributed by atoms with Crippen LogP contribution in [0.3, 0.4) is 0 Å². The minimum Gasteiger partial charge on any atom is -0.386 e. The molecular weight excluding hydrogens is 258 g/mol. The van der Waals surface area contributed by atoms with Crippen molar-refractivity contribution in [2.24, 2.45) is 0 Å². The molecule has 88 valence electrons. The molecule has 1 aromatic rings. The van der Waals surface area contributed by atoms with Crippen molar-refractivity contribution in [3.05, 3.63) is 46.4 Å². The molecule has 1 heterocycles. The highest BCUT2D eigenvalue weighted by Crippen LogP contribution is 2.27. The average molecular weight is 268 g/mol. The summed E-state index contributed by atoms with van der Waals surface area (Å²) >= 11 is 0. The van der Waals surface area contributed by atoms with Gasteiger partial charge in [-0.3, -0.25) is 0 Å². The summed E-state index contributed by atoms with van der Waals surface area (Å²) in [6.45, 7) is 0.718. The number of hydrogen-bond donors (Lipinski definition) is 1. The predicted molar refractivity (Wildman–Crippen MR) is 68.2 cm³/mol. The lowest BCUT2D eigenvalue weighted by Crippen LogP contribution is -2.41. The molecule has 1 atom stereocenters. The number of halogens is 1. The van der Waals surface area contributed by atoms with Gasteiger partial charge in [-0.15, -0.1) is 0 Å². The van der Waals surface area contributed by atoms with Crippen molar-refractivity contribution < 1.29 is 8.42 Å². The molecule has 1 aliphatic heterocycles. The van der Waals surface area contributed by atoms with Crippen LogP contribution in [0, 0.1) is 0 Å². The van der Waals surface area contributed by atoms with Gasteiger partial charge in [0.15, 0.2) is 0 Å². The third-order valence-electron chi connectivity index (χ3n) is 3.08. The molecule has 17 heavy (non-hydrogen) atoms. The van der Waals surface area contributed by atoms with E-state index >= 15 is 0 Å². The Morgan fingerprint density at radius 1 is 1.35 bits per heavy atom. The molecular formula is C12H10ClNO2S. The molecule has 1 unspecified atom stereocenters. The maximum absolute atomic E-state index is 11.6. The van der Waals surface area contributed by atoms with Gasteiger partial charge in [0.05, 0.1) is 0 Å². The van der Waals surface area contributed by atoms with E-state index in [0.717, 1.165) is 28.1 Å². The summed E-state index contributed by atoms with van der Waals surface area (Å²) in [7, 11) is 1.86. The first kappa shape index (κ1) is 10.9. The van der Waals surface area contributed by atoms with E-state index < -0.39 is 14.3 Å². The van der Waals surface area contributed by atoms with Crippen LogP contribution < -0.4 is 15.8 Å².